The van der Waals surface area contributed by atoms with E-state index in [-0.39, 0.29) is 30.4 Å². The van der Waals surface area contributed by atoms with E-state index in [1.54, 1.807) is 30.3 Å². The van der Waals surface area contributed by atoms with Crippen molar-refractivity contribution in [3.8, 4) is 0 Å². The number of anilines is 1. The predicted molar refractivity (Wildman–Crippen MR) is 99.1 cm³/mol. The van der Waals surface area contributed by atoms with E-state index in [4.69, 9.17) is 0 Å². The van der Waals surface area contributed by atoms with E-state index in [0.29, 0.717) is 17.1 Å². The summed E-state index contributed by atoms with van der Waals surface area (Å²) in [6.07, 6.45) is 1.53. The summed E-state index contributed by atoms with van der Waals surface area (Å²) in [5, 5.41) is 9.63. The number of pyridine rings is 1. The second-order valence-corrected chi connectivity index (χ2v) is 8.17. The first kappa shape index (κ1) is 17.4. The maximum atomic E-state index is 12.7. The van der Waals surface area contributed by atoms with Crippen molar-refractivity contribution in [3.05, 3.63) is 77.2 Å². The molecule has 0 saturated carbocycles. The van der Waals surface area contributed by atoms with Gasteiger partial charge in [0.1, 0.15) is 11.5 Å². The van der Waals surface area contributed by atoms with Gasteiger partial charge in [-0.05, 0) is 17.7 Å². The number of fused-ring (bicyclic) bond motifs is 1. The number of hydrogen-bond acceptors (Lipinski definition) is 5. The van der Waals surface area contributed by atoms with Crippen molar-refractivity contribution in [1.82, 2.24) is 19.5 Å². The number of benzene rings is 1. The van der Waals surface area contributed by atoms with Gasteiger partial charge in [-0.1, -0.05) is 36.4 Å². The SMILES string of the molecule is O=C(Nc1[nH]nc2c1CN(S(=O)(=O)Cc1ccccc1)C2)c1ccccn1. The van der Waals surface area contributed by atoms with Crippen molar-refractivity contribution < 1.29 is 13.2 Å². The smallest absolute Gasteiger partial charge is 0.275 e. The number of amides is 1. The lowest BCUT2D eigenvalue weighted by Crippen LogP contribution is -2.27. The van der Waals surface area contributed by atoms with E-state index in [1.807, 2.05) is 18.2 Å². The minimum absolute atomic E-state index is 0.0720. The number of aromatic nitrogens is 3. The van der Waals surface area contributed by atoms with Crippen molar-refractivity contribution in [2.45, 2.75) is 18.8 Å². The van der Waals surface area contributed by atoms with E-state index in [2.05, 4.69) is 20.5 Å². The lowest BCUT2D eigenvalue weighted by Gasteiger charge is -2.16. The molecule has 1 aliphatic heterocycles. The molecule has 0 unspecified atom stereocenters. The van der Waals surface area contributed by atoms with Crippen LogP contribution >= 0.6 is 0 Å². The molecule has 138 valence electrons. The minimum atomic E-state index is -3.49. The first-order chi connectivity index (χ1) is 13.0. The highest BCUT2D eigenvalue weighted by Crippen LogP contribution is 2.30. The normalized spacial score (nSPS) is 14.1. The summed E-state index contributed by atoms with van der Waals surface area (Å²) >= 11 is 0. The average Bonchev–Trinajstić information content (AvgIpc) is 3.25. The lowest BCUT2D eigenvalue weighted by molar-refractivity contribution is 0.102. The Balaban J connectivity index is 1.49. The molecule has 0 spiro atoms. The zero-order valence-electron chi connectivity index (χ0n) is 14.3. The molecular formula is C18H17N5O3S. The molecule has 0 atom stereocenters. The molecule has 0 bridgehead atoms. The molecular weight excluding hydrogens is 366 g/mol. The fourth-order valence-electron chi connectivity index (χ4n) is 2.95. The number of carbonyl (C=O) groups is 1. The lowest BCUT2D eigenvalue weighted by atomic mass is 10.2. The van der Waals surface area contributed by atoms with Gasteiger partial charge in [-0.25, -0.2) is 8.42 Å². The van der Waals surface area contributed by atoms with Crippen molar-refractivity contribution in [2.75, 3.05) is 5.32 Å². The van der Waals surface area contributed by atoms with Crippen LogP contribution in [0, 0.1) is 0 Å². The molecule has 2 N–H and O–H groups in total. The monoisotopic (exact) mass is 383 g/mol. The summed E-state index contributed by atoms with van der Waals surface area (Å²) in [6, 6.07) is 14.1. The third-order valence-electron chi connectivity index (χ3n) is 4.33. The molecule has 3 heterocycles. The Hall–Kier alpha value is -3.04. The average molecular weight is 383 g/mol. The maximum Gasteiger partial charge on any atom is 0.275 e. The van der Waals surface area contributed by atoms with Crippen LogP contribution in [0.4, 0.5) is 5.82 Å². The Labute approximate surface area is 156 Å². The molecule has 0 fully saturated rings. The molecule has 27 heavy (non-hydrogen) atoms. The standard InChI is InChI=1S/C18H17N5O3S/c24-18(15-8-4-5-9-19-15)20-17-14-10-23(11-16(14)21-22-17)27(25,26)12-13-6-2-1-3-7-13/h1-9H,10-12H2,(H2,20,21,22,24). The molecule has 1 aliphatic rings. The number of H-pyrrole nitrogens is 1. The fraction of sp³-hybridized carbons (Fsp3) is 0.167. The Bertz CT molecular complexity index is 1060. The number of carbonyl (C=O) groups excluding carboxylic acids is 1. The second-order valence-electron chi connectivity index (χ2n) is 6.20. The van der Waals surface area contributed by atoms with Gasteiger partial charge in [-0.3, -0.25) is 14.9 Å². The van der Waals surface area contributed by atoms with Gasteiger partial charge < -0.3 is 5.32 Å². The predicted octanol–water partition coefficient (Wildman–Crippen LogP) is 1.90. The van der Waals surface area contributed by atoms with Crippen LogP contribution < -0.4 is 5.32 Å². The summed E-state index contributed by atoms with van der Waals surface area (Å²) in [6.45, 7) is 0.347. The molecule has 1 amide bonds. The van der Waals surface area contributed by atoms with E-state index in [0.717, 1.165) is 5.56 Å². The van der Waals surface area contributed by atoms with Gasteiger partial charge in [-0.15, -0.1) is 0 Å². The number of rotatable bonds is 5. The number of hydrogen-bond donors (Lipinski definition) is 2. The first-order valence-corrected chi connectivity index (χ1v) is 9.94. The highest BCUT2D eigenvalue weighted by atomic mass is 32.2. The molecule has 0 aliphatic carbocycles. The fourth-order valence-corrected chi connectivity index (χ4v) is 4.39. The Morgan fingerprint density at radius 2 is 1.89 bits per heavy atom. The molecule has 8 nitrogen and oxygen atoms in total. The topological polar surface area (TPSA) is 108 Å². The van der Waals surface area contributed by atoms with E-state index < -0.39 is 10.0 Å². The van der Waals surface area contributed by atoms with Gasteiger partial charge in [0.05, 0.1) is 18.0 Å². The number of aromatic amines is 1. The van der Waals surface area contributed by atoms with Gasteiger partial charge >= 0.3 is 0 Å². The minimum Gasteiger partial charge on any atom is -0.305 e. The van der Waals surface area contributed by atoms with E-state index in [1.165, 1.54) is 10.5 Å². The number of nitrogens with one attached hydrogen (secondary N) is 2. The highest BCUT2D eigenvalue weighted by molar-refractivity contribution is 7.88. The van der Waals surface area contributed by atoms with E-state index >= 15 is 0 Å². The van der Waals surface area contributed by atoms with Crippen LogP contribution in [-0.2, 0) is 28.9 Å². The molecule has 3 aromatic rings. The van der Waals surface area contributed by atoms with Crippen LogP contribution in [0.25, 0.3) is 0 Å². The molecule has 2 aromatic heterocycles. The Kier molecular flexibility index (Phi) is 4.46. The molecule has 1 aromatic carbocycles. The van der Waals surface area contributed by atoms with E-state index in [9.17, 15) is 13.2 Å². The first-order valence-electron chi connectivity index (χ1n) is 8.33. The Morgan fingerprint density at radius 3 is 2.63 bits per heavy atom. The van der Waals surface area contributed by atoms with Gasteiger partial charge in [0.15, 0.2) is 0 Å². The van der Waals surface area contributed by atoms with Crippen molar-refractivity contribution >= 4 is 21.7 Å². The largest absolute Gasteiger partial charge is 0.305 e. The van der Waals surface area contributed by atoms with Crippen molar-refractivity contribution in [2.24, 2.45) is 0 Å². The third-order valence-corrected chi connectivity index (χ3v) is 6.08. The van der Waals surface area contributed by atoms with Crippen LogP contribution in [0.15, 0.2) is 54.7 Å². The third kappa shape index (κ3) is 3.60. The summed E-state index contributed by atoms with van der Waals surface area (Å²) in [4.78, 5) is 16.3. The Morgan fingerprint density at radius 1 is 1.11 bits per heavy atom. The van der Waals surface area contributed by atoms with Crippen molar-refractivity contribution in [1.29, 1.82) is 0 Å². The second kappa shape index (κ2) is 6.93. The summed E-state index contributed by atoms with van der Waals surface area (Å²) < 4.78 is 26.8. The quantitative estimate of drug-likeness (QED) is 0.700. The molecule has 0 radical (unpaired) electrons. The van der Waals surface area contributed by atoms with Gasteiger partial charge in [-0.2, -0.15) is 9.40 Å². The highest BCUT2D eigenvalue weighted by Gasteiger charge is 2.33. The number of sulfonamides is 1. The van der Waals surface area contributed by atoms with Crippen molar-refractivity contribution in [3.63, 3.8) is 0 Å². The van der Waals surface area contributed by atoms with Gasteiger partial charge in [0, 0.05) is 18.3 Å². The molecule has 9 heteroatoms. The summed E-state index contributed by atoms with van der Waals surface area (Å²) in [7, 11) is -3.49. The summed E-state index contributed by atoms with van der Waals surface area (Å²) in [5.41, 5.74) is 2.29. The molecule has 0 saturated heterocycles. The van der Waals surface area contributed by atoms with Crippen LogP contribution in [0.5, 0.6) is 0 Å². The zero-order chi connectivity index (χ0) is 18.9. The zero-order valence-corrected chi connectivity index (χ0v) is 15.1. The van der Waals surface area contributed by atoms with Gasteiger partial charge in [0.2, 0.25) is 10.0 Å². The number of nitrogens with zero attached hydrogens (tertiary/aromatic N) is 3. The summed E-state index contributed by atoms with van der Waals surface area (Å²) in [5.74, 6) is -0.0528. The molecule has 4 rings (SSSR count). The van der Waals surface area contributed by atoms with Crippen LogP contribution in [0.1, 0.15) is 27.3 Å². The van der Waals surface area contributed by atoms with Crippen LogP contribution in [0.2, 0.25) is 0 Å². The van der Waals surface area contributed by atoms with Crippen LogP contribution in [-0.4, -0.2) is 33.8 Å². The van der Waals surface area contributed by atoms with Crippen LogP contribution in [0.3, 0.4) is 0 Å². The maximum absolute atomic E-state index is 12.7. The van der Waals surface area contributed by atoms with Gasteiger partial charge in [0.25, 0.3) is 5.91 Å².